The van der Waals surface area contributed by atoms with Gasteiger partial charge in [0, 0.05) is 54.7 Å². The minimum atomic E-state index is -1.41. The first kappa shape index (κ1) is 107. The van der Waals surface area contributed by atoms with Gasteiger partial charge in [-0.25, -0.2) is 9.59 Å². The zero-order valence-electron chi connectivity index (χ0n) is 79.7. The van der Waals surface area contributed by atoms with Crippen LogP contribution in [-0.4, -0.2) is 76.9 Å². The van der Waals surface area contributed by atoms with Crippen molar-refractivity contribution in [2.24, 2.45) is 0 Å². The Morgan fingerprint density at radius 1 is 0.319 bits per heavy atom. The van der Waals surface area contributed by atoms with E-state index in [1.165, 1.54) is 63.7 Å². The molecule has 0 aromatic heterocycles. The number of ether oxygens (including phenoxy) is 4. The number of methoxy groups -OCH3 is 2. The summed E-state index contributed by atoms with van der Waals surface area (Å²) < 4.78 is 23.0. The van der Waals surface area contributed by atoms with E-state index in [2.05, 4.69) is 393 Å². The summed E-state index contributed by atoms with van der Waals surface area (Å²) in [6.07, 6.45) is 5.52. The molecule has 0 unspecified atom stereocenters. The van der Waals surface area contributed by atoms with Crippen LogP contribution in [0.15, 0.2) is 441 Å². The molecule has 2 spiro atoms. The van der Waals surface area contributed by atoms with Crippen LogP contribution < -0.4 is 69.1 Å². The number of hydrogen-bond acceptors (Lipinski definition) is 10. The van der Waals surface area contributed by atoms with E-state index in [4.69, 9.17) is 63.8 Å². The normalized spacial score (nSPS) is 16.1. The monoisotopic (exact) mass is 2150 g/mol. The van der Waals surface area contributed by atoms with Crippen molar-refractivity contribution >= 4 is 182 Å². The van der Waals surface area contributed by atoms with Crippen molar-refractivity contribution < 1.29 is 69.2 Å². The maximum Gasteiger partial charge on any atom is 0.488 e. The smallest absolute Gasteiger partial charge is 0.488 e. The molecule has 0 bridgehead atoms. The standard InChI is InChI=1S/C25H27ClO4.C18H20BrClO4.4C18H15P.C6H6BClO2.Pd/c1-14-13-15(2)21(16(3)20(14)17-5-7-18(26)8-6-17)22-23(27)25(30-24(22)28)11-9-19(29-4)10-12-25;1-9-8-10(2)14(19)15(20)12(9)13-16(21)18(24-17(13)22)6-4-11(23-3)5-7-18;4*1-4-10-16(11-5-1)19(17-12-6-2-7-13-17)18-14-8-3-9-15-18;8-6-3-1-5(2-4-6)7(9)10;/h5-8,13,19,27H,9-12H2,1-4H3;8,11,21H,4-7H2,1-3H3;4*1-15H;1-4,9-10H;. The summed E-state index contributed by atoms with van der Waals surface area (Å²) >= 11 is 21.5. The number of benzene rings is 16. The molecule has 2 saturated carbocycles. The minimum Gasteiger partial charge on any atom is -0.507 e. The SMILES string of the molecule is COC1CCC2(CC1)OC(=O)C(c1c(C)cc(C)c(-c3ccc(Cl)cc3)c1C)=C2O.COC1CCC2(CC1)OC(=O)C(c1c(C)cc(C)c(Br)c1Cl)=C2O.OB(O)c1ccc(Cl)cc1.[Pd].c1ccc(P(c2ccccc2)c2ccccc2)cc1.c1ccc(P(c2ccccc2)c2ccccc2)cc1.c1ccc(P(c2ccccc2)c2ccccc2)cc1.c1ccc(P(c2ccccc2)c2ccccc2)cc1. The van der Waals surface area contributed by atoms with Crippen LogP contribution in [-0.2, 0) is 49.0 Å². The molecule has 2 aliphatic heterocycles. The average molecular weight is 2150 g/mol. The summed E-state index contributed by atoms with van der Waals surface area (Å²) in [5, 5.41) is 57.8. The predicted molar refractivity (Wildman–Crippen MR) is 597 cm³/mol. The van der Waals surface area contributed by atoms with Crippen LogP contribution in [0.3, 0.4) is 0 Å². The fraction of sp³-hybridized carbons (Fsp3) is 0.157. The molecule has 4 N–H and O–H groups in total. The van der Waals surface area contributed by atoms with Gasteiger partial charge in [0.1, 0.15) is 11.1 Å². The molecule has 141 heavy (non-hydrogen) atoms. The molecule has 2 heterocycles. The quantitative estimate of drug-likeness (QED) is 0.0371. The van der Waals surface area contributed by atoms with Crippen LogP contribution in [0.1, 0.15) is 90.3 Å². The number of halogens is 4. The fourth-order valence-electron chi connectivity index (χ4n) is 18.1. The Hall–Kier alpha value is -10.8. The molecular weight excluding hydrogens is 2040 g/mol. The summed E-state index contributed by atoms with van der Waals surface area (Å²) in [5.74, 6) is -0.883. The van der Waals surface area contributed by atoms with E-state index in [1.807, 2.05) is 58.0 Å². The number of rotatable bonds is 18. The summed E-state index contributed by atoms with van der Waals surface area (Å²) in [5.41, 5.74) is 7.28. The van der Waals surface area contributed by atoms with Gasteiger partial charge in [-0.15, -0.1) is 0 Å². The summed E-state index contributed by atoms with van der Waals surface area (Å²) in [6.45, 7) is 9.84. The summed E-state index contributed by atoms with van der Waals surface area (Å²) in [4.78, 5) is 25.6. The molecule has 2 aliphatic carbocycles. The number of carbonyl (C=O) groups is 2. The van der Waals surface area contributed by atoms with Crippen molar-refractivity contribution in [3.8, 4) is 11.1 Å². The second-order valence-electron chi connectivity index (χ2n) is 34.3. The van der Waals surface area contributed by atoms with Gasteiger partial charge in [-0.2, -0.15) is 0 Å². The first-order valence-electron chi connectivity index (χ1n) is 46.7. The number of hydrogen-bond donors (Lipinski definition) is 4. The maximum atomic E-state index is 13.0. The Balaban J connectivity index is 0.000000140. The Bertz CT molecular complexity index is 5870. The van der Waals surface area contributed by atoms with E-state index in [0.29, 0.717) is 57.4 Å². The van der Waals surface area contributed by atoms with Crippen LogP contribution in [0.5, 0.6) is 0 Å². The van der Waals surface area contributed by atoms with Gasteiger partial charge in [0.25, 0.3) is 0 Å². The van der Waals surface area contributed by atoms with Crippen LogP contribution in [0.25, 0.3) is 22.3 Å². The van der Waals surface area contributed by atoms with Gasteiger partial charge in [0.2, 0.25) is 0 Å². The average Bonchev–Trinajstić information content (AvgIpc) is 1.59. The number of aliphatic hydroxyl groups excluding tert-OH is 2. The van der Waals surface area contributed by atoms with Crippen molar-refractivity contribution in [2.45, 2.75) is 109 Å². The Morgan fingerprint density at radius 3 is 0.766 bits per heavy atom. The van der Waals surface area contributed by atoms with E-state index in [9.17, 15) is 19.8 Å². The maximum absolute atomic E-state index is 13.0. The number of esters is 2. The number of aliphatic hydroxyl groups is 2. The van der Waals surface area contributed by atoms with Crippen LogP contribution in [0.4, 0.5) is 0 Å². The Kier molecular flexibility index (Phi) is 40.4. The fourth-order valence-corrected chi connectivity index (χ4v) is 28.3. The number of aryl methyl sites for hydroxylation is 4. The largest absolute Gasteiger partial charge is 0.507 e. The summed E-state index contributed by atoms with van der Waals surface area (Å²) in [7, 11) is 0.185. The minimum absolute atomic E-state index is 0. The van der Waals surface area contributed by atoms with Crippen LogP contribution in [0.2, 0.25) is 15.1 Å². The molecule has 2 fully saturated rings. The molecule has 0 radical (unpaired) electrons. The van der Waals surface area contributed by atoms with Gasteiger partial charge >= 0.3 is 19.1 Å². The van der Waals surface area contributed by atoms with Gasteiger partial charge in [-0.1, -0.05) is 435 Å². The molecule has 718 valence electrons. The third-order valence-corrected chi connectivity index (χ3v) is 36.9. The van der Waals surface area contributed by atoms with Crippen molar-refractivity contribution in [1.82, 2.24) is 0 Å². The van der Waals surface area contributed by atoms with Crippen molar-refractivity contribution in [2.75, 3.05) is 14.2 Å². The van der Waals surface area contributed by atoms with Crippen LogP contribution >= 0.6 is 82.4 Å². The van der Waals surface area contributed by atoms with Gasteiger partial charge in [0.05, 0.1) is 17.2 Å². The van der Waals surface area contributed by atoms with Gasteiger partial charge in [-0.05, 0) is 271 Å². The van der Waals surface area contributed by atoms with Gasteiger partial charge in [0.15, 0.2) is 22.7 Å². The second kappa shape index (κ2) is 53.0. The van der Waals surface area contributed by atoms with Crippen molar-refractivity contribution in [1.29, 1.82) is 0 Å². The second-order valence-corrected chi connectivity index (χ2v) is 45.2. The van der Waals surface area contributed by atoms with Crippen molar-refractivity contribution in [3.05, 3.63) is 495 Å². The summed E-state index contributed by atoms with van der Waals surface area (Å²) in [6, 6.07) is 147. The molecule has 20 heteroatoms. The van der Waals surface area contributed by atoms with E-state index < -0.39 is 61.9 Å². The van der Waals surface area contributed by atoms with E-state index in [-0.39, 0.29) is 49.7 Å². The molecule has 16 aromatic carbocycles. The molecule has 0 atom stereocenters. The first-order chi connectivity index (χ1) is 68.1. The molecule has 16 aromatic rings. The Labute approximate surface area is 872 Å². The van der Waals surface area contributed by atoms with E-state index in [1.54, 1.807) is 38.5 Å². The van der Waals surface area contributed by atoms with Crippen LogP contribution in [0, 0.1) is 34.6 Å². The first-order valence-corrected chi connectivity index (χ1v) is 54.0. The van der Waals surface area contributed by atoms with Gasteiger partial charge < -0.3 is 39.2 Å². The molecule has 20 rings (SSSR count). The number of carbonyl (C=O) groups excluding carboxylic acids is 2. The molecule has 4 aliphatic rings. The molecule has 0 amide bonds. The predicted octanol–water partition coefficient (Wildman–Crippen LogP) is 24.8. The molecular formula is C121H113BBrCl3O10P4Pd. The van der Waals surface area contributed by atoms with E-state index in [0.717, 1.165) is 74.7 Å². The van der Waals surface area contributed by atoms with E-state index >= 15 is 0 Å². The Morgan fingerprint density at radius 2 is 0.532 bits per heavy atom. The van der Waals surface area contributed by atoms with Gasteiger partial charge in [-0.3, -0.25) is 0 Å². The zero-order valence-corrected chi connectivity index (χ0v) is 88.6. The molecule has 10 nitrogen and oxygen atoms in total. The zero-order chi connectivity index (χ0) is 98.5. The third kappa shape index (κ3) is 27.6. The molecule has 0 saturated heterocycles. The third-order valence-electron chi connectivity index (χ3n) is 25.0. The topological polar surface area (TPSA) is 152 Å². The van der Waals surface area contributed by atoms with Crippen molar-refractivity contribution in [3.63, 3.8) is 0 Å².